The van der Waals surface area contributed by atoms with E-state index in [1.54, 1.807) is 0 Å². The van der Waals surface area contributed by atoms with Gasteiger partial charge in [-0.05, 0) is 11.5 Å². The van der Waals surface area contributed by atoms with Crippen molar-refractivity contribution in [1.82, 2.24) is 4.90 Å². The van der Waals surface area contributed by atoms with Gasteiger partial charge in [0.25, 0.3) is 0 Å². The fourth-order valence-corrected chi connectivity index (χ4v) is 2.54. The largest absolute Gasteiger partial charge is 0.326 e. The lowest BCUT2D eigenvalue weighted by molar-refractivity contribution is 0.344. The van der Waals surface area contributed by atoms with Crippen LogP contribution in [0, 0.1) is 5.92 Å². The van der Waals surface area contributed by atoms with Gasteiger partial charge in [0.15, 0.2) is 0 Å². The fraction of sp³-hybridized carbons (Fsp3) is 0.500. The number of nitrogens with two attached hydrogens (primary N) is 1. The molecule has 2 atom stereocenters. The maximum absolute atomic E-state index is 6.23. The first-order valence-corrected chi connectivity index (χ1v) is 5.98. The first kappa shape index (κ1) is 11.6. The van der Waals surface area contributed by atoms with Crippen molar-refractivity contribution in [2.75, 3.05) is 19.6 Å². The van der Waals surface area contributed by atoms with Crippen molar-refractivity contribution in [3.8, 4) is 0 Å². The fourth-order valence-electron chi connectivity index (χ4n) is 2.54. The van der Waals surface area contributed by atoms with Crippen molar-refractivity contribution in [1.29, 1.82) is 0 Å². The molecule has 1 saturated heterocycles. The second-order valence-corrected chi connectivity index (χ2v) is 5.08. The van der Waals surface area contributed by atoms with Crippen LogP contribution in [0.2, 0.25) is 0 Å². The average molecular weight is 217 g/mol. The Morgan fingerprint density at radius 2 is 1.94 bits per heavy atom. The maximum Gasteiger partial charge on any atom is 0.0249 e. The van der Waals surface area contributed by atoms with Gasteiger partial charge in [0.2, 0.25) is 0 Å². The summed E-state index contributed by atoms with van der Waals surface area (Å²) in [5, 5.41) is 0. The minimum atomic E-state index is 0.279. The van der Waals surface area contributed by atoms with E-state index in [4.69, 9.17) is 5.73 Å². The summed E-state index contributed by atoms with van der Waals surface area (Å²) in [6.07, 6.45) is 0. The zero-order valence-corrected chi connectivity index (χ0v) is 10.2. The van der Waals surface area contributed by atoms with Gasteiger partial charge in [-0.3, -0.25) is 0 Å². The van der Waals surface area contributed by atoms with Crippen LogP contribution in [0.4, 0.5) is 0 Å². The molecule has 0 aliphatic carbocycles. The molecule has 0 spiro atoms. The van der Waals surface area contributed by atoms with E-state index in [1.807, 2.05) is 0 Å². The molecule has 0 aromatic heterocycles. The first-order valence-electron chi connectivity index (χ1n) is 5.98. The molecule has 2 nitrogen and oxygen atoms in total. The van der Waals surface area contributed by atoms with Crippen molar-refractivity contribution in [3.63, 3.8) is 0 Å². The number of nitrogens with zero attached hydrogens (tertiary/aromatic N) is 1. The van der Waals surface area contributed by atoms with Gasteiger partial charge in [0, 0.05) is 31.6 Å². The lowest BCUT2D eigenvalue weighted by Gasteiger charge is -2.17. The Hall–Kier alpha value is -0.860. The van der Waals surface area contributed by atoms with E-state index in [9.17, 15) is 0 Å². The summed E-state index contributed by atoms with van der Waals surface area (Å²) in [7, 11) is 0. The minimum Gasteiger partial charge on any atom is -0.326 e. The molecule has 0 amide bonds. The van der Waals surface area contributed by atoms with Crippen LogP contribution in [0.1, 0.15) is 25.3 Å². The van der Waals surface area contributed by atoms with Crippen LogP contribution in [0.15, 0.2) is 30.3 Å². The number of likely N-dealkylation sites (tertiary alicyclic amines) is 1. The van der Waals surface area contributed by atoms with Gasteiger partial charge < -0.3 is 10.6 Å². The summed E-state index contributed by atoms with van der Waals surface area (Å²) < 4.78 is 0. The third kappa shape index (κ3) is 2.63. The highest BCUT2D eigenvalue weighted by atomic mass is 15.2. The molecule has 16 heavy (non-hydrogen) atoms. The Morgan fingerprint density at radius 3 is 2.56 bits per heavy atom. The van der Waals surface area contributed by atoms with Crippen LogP contribution in [0.5, 0.6) is 0 Å². The van der Waals surface area contributed by atoms with Crippen LogP contribution in [0.25, 0.3) is 0 Å². The molecule has 87 valence electrons. The molecule has 1 aromatic carbocycles. The van der Waals surface area contributed by atoms with Crippen LogP contribution in [-0.4, -0.2) is 30.6 Å². The predicted octanol–water partition coefficient (Wildman–Crippen LogP) is 2.03. The zero-order chi connectivity index (χ0) is 11.5. The second kappa shape index (κ2) is 4.98. The van der Waals surface area contributed by atoms with Crippen molar-refractivity contribution in [3.05, 3.63) is 41.8 Å². The Labute approximate surface area is 98.4 Å². The van der Waals surface area contributed by atoms with E-state index in [0.29, 0.717) is 5.92 Å². The predicted molar refractivity (Wildman–Crippen MR) is 68.2 cm³/mol. The van der Waals surface area contributed by atoms with Crippen molar-refractivity contribution < 1.29 is 0 Å². The summed E-state index contributed by atoms with van der Waals surface area (Å²) >= 11 is 0. The highest BCUT2D eigenvalue weighted by Gasteiger charge is 2.31. The molecule has 2 rings (SSSR count). The van der Waals surface area contributed by atoms with E-state index < -0.39 is 0 Å². The quantitative estimate of drug-likeness (QED) is 0.839. The van der Waals surface area contributed by atoms with E-state index in [-0.39, 0.29) is 6.04 Å². The van der Waals surface area contributed by atoms with Crippen LogP contribution in [0.3, 0.4) is 0 Å². The molecule has 2 N–H and O–H groups in total. The van der Waals surface area contributed by atoms with E-state index in [1.165, 1.54) is 11.5 Å². The molecule has 1 fully saturated rings. The summed E-state index contributed by atoms with van der Waals surface area (Å²) in [5.41, 5.74) is 7.61. The molecule has 0 bridgehead atoms. The Morgan fingerprint density at radius 1 is 1.25 bits per heavy atom. The summed E-state index contributed by atoms with van der Waals surface area (Å²) in [6.45, 7) is 7.56. The normalized spacial score (nSPS) is 26.5. The highest BCUT2D eigenvalue weighted by Crippen LogP contribution is 2.26. The second-order valence-electron chi connectivity index (χ2n) is 5.08. The molecular formula is C14H21N2. The monoisotopic (exact) mass is 217 g/mol. The Kier molecular flexibility index (Phi) is 3.62. The van der Waals surface area contributed by atoms with Gasteiger partial charge >= 0.3 is 0 Å². The van der Waals surface area contributed by atoms with Gasteiger partial charge in [-0.1, -0.05) is 44.2 Å². The SMILES string of the molecule is C[C](C)CN1CC(N)C(c2ccccc2)C1. The topological polar surface area (TPSA) is 29.3 Å². The number of rotatable bonds is 3. The number of benzene rings is 1. The van der Waals surface area contributed by atoms with Gasteiger partial charge in [-0.15, -0.1) is 0 Å². The lowest BCUT2D eigenvalue weighted by atomic mass is 9.95. The number of hydrogen-bond acceptors (Lipinski definition) is 2. The van der Waals surface area contributed by atoms with Gasteiger partial charge in [0.05, 0.1) is 0 Å². The van der Waals surface area contributed by atoms with E-state index >= 15 is 0 Å². The standard InChI is InChI=1S/C14H21N2/c1-11(2)8-16-9-13(14(15)10-16)12-6-4-3-5-7-12/h3-7,13-14H,8-10,15H2,1-2H3. The molecule has 1 aromatic rings. The van der Waals surface area contributed by atoms with Gasteiger partial charge in [-0.25, -0.2) is 0 Å². The van der Waals surface area contributed by atoms with Crippen LogP contribution >= 0.6 is 0 Å². The minimum absolute atomic E-state index is 0.279. The summed E-state index contributed by atoms with van der Waals surface area (Å²) in [4.78, 5) is 2.46. The zero-order valence-electron chi connectivity index (χ0n) is 10.2. The third-order valence-corrected chi connectivity index (χ3v) is 3.21. The lowest BCUT2D eigenvalue weighted by Crippen LogP contribution is -2.29. The van der Waals surface area contributed by atoms with Crippen molar-refractivity contribution >= 4 is 0 Å². The van der Waals surface area contributed by atoms with E-state index in [2.05, 4.69) is 49.1 Å². The first-order chi connectivity index (χ1) is 7.66. The molecule has 0 saturated carbocycles. The molecular weight excluding hydrogens is 196 g/mol. The molecule has 1 heterocycles. The Balaban J connectivity index is 2.03. The van der Waals surface area contributed by atoms with Gasteiger partial charge in [0.1, 0.15) is 0 Å². The molecule has 1 aliphatic heterocycles. The summed E-state index contributed by atoms with van der Waals surface area (Å²) in [6, 6.07) is 10.9. The van der Waals surface area contributed by atoms with Crippen LogP contribution < -0.4 is 5.73 Å². The molecule has 2 heteroatoms. The van der Waals surface area contributed by atoms with Crippen molar-refractivity contribution in [2.24, 2.45) is 5.73 Å². The highest BCUT2D eigenvalue weighted by molar-refractivity contribution is 5.23. The molecule has 2 unspecified atom stereocenters. The maximum atomic E-state index is 6.23. The number of hydrogen-bond donors (Lipinski definition) is 1. The van der Waals surface area contributed by atoms with Gasteiger partial charge in [-0.2, -0.15) is 0 Å². The summed E-state index contributed by atoms with van der Waals surface area (Å²) in [5.74, 6) is 1.96. The third-order valence-electron chi connectivity index (χ3n) is 3.21. The average Bonchev–Trinajstić information content (AvgIpc) is 2.60. The molecule has 1 radical (unpaired) electrons. The smallest absolute Gasteiger partial charge is 0.0249 e. The van der Waals surface area contributed by atoms with Crippen LogP contribution in [-0.2, 0) is 0 Å². The Bertz CT molecular complexity index is 321. The molecule has 1 aliphatic rings. The van der Waals surface area contributed by atoms with E-state index in [0.717, 1.165) is 19.6 Å². The van der Waals surface area contributed by atoms with Crippen molar-refractivity contribution in [2.45, 2.75) is 25.8 Å².